The van der Waals surface area contributed by atoms with Crippen LogP contribution in [0.15, 0.2) is 40.9 Å². The largest absolute Gasteiger partial charge is 0.322 e. The molecule has 0 fully saturated rings. The minimum absolute atomic E-state index is 0.290. The maximum Gasteiger partial charge on any atom is 0.256 e. The molecule has 0 aromatic heterocycles. The Balaban J connectivity index is 1.86. The number of carbonyl (C=O) groups excluding carboxylic acids is 1. The molecule has 0 atom stereocenters. The van der Waals surface area contributed by atoms with E-state index in [1.165, 1.54) is 28.8 Å². The Kier molecular flexibility index (Phi) is 4.95. The molecule has 8 heteroatoms. The fourth-order valence-electron chi connectivity index (χ4n) is 2.85. The molecule has 3 rings (SSSR count). The van der Waals surface area contributed by atoms with Gasteiger partial charge in [-0.1, -0.05) is 12.1 Å². The van der Waals surface area contributed by atoms with Crippen LogP contribution in [0.25, 0.3) is 0 Å². The van der Waals surface area contributed by atoms with E-state index in [2.05, 4.69) is 21.2 Å². The van der Waals surface area contributed by atoms with E-state index in [1.807, 2.05) is 6.07 Å². The van der Waals surface area contributed by atoms with E-state index >= 15 is 0 Å². The number of nitrogens with zero attached hydrogens (tertiary/aromatic N) is 1. The molecule has 132 valence electrons. The van der Waals surface area contributed by atoms with Crippen LogP contribution in [-0.2, 0) is 23.0 Å². The van der Waals surface area contributed by atoms with Crippen LogP contribution in [0, 0.1) is 5.82 Å². The number of benzene rings is 2. The number of anilines is 1. The van der Waals surface area contributed by atoms with Crippen LogP contribution in [0.2, 0.25) is 0 Å². The van der Waals surface area contributed by atoms with Crippen molar-refractivity contribution >= 4 is 37.5 Å². The number of amides is 1. The molecule has 0 radical (unpaired) electrons. The monoisotopic (exact) mass is 426 g/mol. The number of nitrogens with one attached hydrogen (secondary N) is 1. The van der Waals surface area contributed by atoms with Crippen molar-refractivity contribution in [3.63, 3.8) is 0 Å². The highest BCUT2D eigenvalue weighted by atomic mass is 79.9. The lowest BCUT2D eigenvalue weighted by atomic mass is 9.99. The second kappa shape index (κ2) is 6.86. The van der Waals surface area contributed by atoms with E-state index in [4.69, 9.17) is 0 Å². The average Bonchev–Trinajstić information content (AvgIpc) is 2.53. The highest BCUT2D eigenvalue weighted by Gasteiger charge is 2.25. The first-order valence-corrected chi connectivity index (χ1v) is 10.2. The lowest BCUT2D eigenvalue weighted by Gasteiger charge is -2.28. The standard InChI is InChI=1S/C17H16BrFN2O3S/c1-25(23,24)21-8-7-13-11(10-21)3-2-4-16(13)20-17(22)14-6-5-12(19)9-15(14)18/h2-6,9H,7-8,10H2,1H3,(H,20,22). The van der Waals surface area contributed by atoms with Crippen molar-refractivity contribution in [3.05, 3.63) is 63.4 Å². The summed E-state index contributed by atoms with van der Waals surface area (Å²) < 4.78 is 38.4. The van der Waals surface area contributed by atoms with E-state index in [9.17, 15) is 17.6 Å². The Morgan fingerprint density at radius 3 is 2.72 bits per heavy atom. The van der Waals surface area contributed by atoms with E-state index in [0.717, 1.165) is 11.1 Å². The van der Waals surface area contributed by atoms with Gasteiger partial charge in [0, 0.05) is 23.2 Å². The zero-order valence-electron chi connectivity index (χ0n) is 13.4. The molecular weight excluding hydrogens is 411 g/mol. The topological polar surface area (TPSA) is 66.5 Å². The molecule has 0 saturated carbocycles. The molecule has 0 aliphatic carbocycles. The van der Waals surface area contributed by atoms with Gasteiger partial charge in [-0.15, -0.1) is 0 Å². The molecule has 1 aliphatic heterocycles. The Hall–Kier alpha value is -1.77. The Morgan fingerprint density at radius 1 is 1.28 bits per heavy atom. The van der Waals surface area contributed by atoms with Gasteiger partial charge in [0.25, 0.3) is 5.91 Å². The predicted octanol–water partition coefficient (Wildman–Crippen LogP) is 3.16. The first-order valence-electron chi connectivity index (χ1n) is 7.58. The third kappa shape index (κ3) is 3.91. The summed E-state index contributed by atoms with van der Waals surface area (Å²) in [6.07, 6.45) is 1.71. The van der Waals surface area contributed by atoms with Crippen LogP contribution in [0.1, 0.15) is 21.5 Å². The van der Waals surface area contributed by atoms with Crippen molar-refractivity contribution in [1.82, 2.24) is 4.31 Å². The summed E-state index contributed by atoms with van der Waals surface area (Å²) in [6, 6.07) is 9.29. The quantitative estimate of drug-likeness (QED) is 0.819. The fraction of sp³-hybridized carbons (Fsp3) is 0.235. The number of carbonyl (C=O) groups is 1. The average molecular weight is 427 g/mol. The maximum absolute atomic E-state index is 13.2. The van der Waals surface area contributed by atoms with Gasteiger partial charge in [-0.3, -0.25) is 4.79 Å². The summed E-state index contributed by atoms with van der Waals surface area (Å²) in [5.41, 5.74) is 2.76. The first kappa shape index (κ1) is 18.0. The van der Waals surface area contributed by atoms with Crippen LogP contribution in [-0.4, -0.2) is 31.4 Å². The van der Waals surface area contributed by atoms with E-state index in [0.29, 0.717) is 28.7 Å². The third-order valence-electron chi connectivity index (χ3n) is 4.12. The van der Waals surface area contributed by atoms with Crippen molar-refractivity contribution in [2.45, 2.75) is 13.0 Å². The maximum atomic E-state index is 13.2. The van der Waals surface area contributed by atoms with Gasteiger partial charge in [0.2, 0.25) is 10.0 Å². The predicted molar refractivity (Wildman–Crippen MR) is 97.5 cm³/mol. The first-order chi connectivity index (χ1) is 11.8. The highest BCUT2D eigenvalue weighted by Crippen LogP contribution is 2.28. The van der Waals surface area contributed by atoms with Crippen molar-refractivity contribution in [1.29, 1.82) is 0 Å². The zero-order valence-corrected chi connectivity index (χ0v) is 15.8. The summed E-state index contributed by atoms with van der Waals surface area (Å²) >= 11 is 3.19. The van der Waals surface area contributed by atoms with Gasteiger partial charge >= 0.3 is 0 Å². The number of sulfonamides is 1. The lowest BCUT2D eigenvalue weighted by molar-refractivity contribution is 0.102. The van der Waals surface area contributed by atoms with Gasteiger partial charge < -0.3 is 5.32 Å². The van der Waals surface area contributed by atoms with Crippen molar-refractivity contribution in [3.8, 4) is 0 Å². The van der Waals surface area contributed by atoms with Crippen molar-refractivity contribution in [2.75, 3.05) is 18.1 Å². The minimum Gasteiger partial charge on any atom is -0.322 e. The smallest absolute Gasteiger partial charge is 0.256 e. The SMILES string of the molecule is CS(=O)(=O)N1CCc2c(cccc2NC(=O)c2ccc(F)cc2Br)C1. The molecule has 25 heavy (non-hydrogen) atoms. The van der Waals surface area contributed by atoms with Gasteiger partial charge in [-0.2, -0.15) is 4.31 Å². The molecule has 2 aromatic carbocycles. The minimum atomic E-state index is -3.25. The van der Waals surface area contributed by atoms with Crippen LogP contribution in [0.4, 0.5) is 10.1 Å². The Labute approximate surface area is 154 Å². The van der Waals surface area contributed by atoms with Crippen LogP contribution >= 0.6 is 15.9 Å². The third-order valence-corrected chi connectivity index (χ3v) is 6.03. The molecule has 0 unspecified atom stereocenters. The summed E-state index contributed by atoms with van der Waals surface area (Å²) in [7, 11) is -3.25. The second-order valence-electron chi connectivity index (χ2n) is 5.87. The molecule has 5 nitrogen and oxygen atoms in total. The van der Waals surface area contributed by atoms with Crippen molar-refractivity contribution in [2.24, 2.45) is 0 Å². The summed E-state index contributed by atoms with van der Waals surface area (Å²) in [5.74, 6) is -0.785. The number of halogens is 2. The van der Waals surface area contributed by atoms with Gasteiger partial charge in [-0.25, -0.2) is 12.8 Å². The van der Waals surface area contributed by atoms with E-state index in [1.54, 1.807) is 12.1 Å². The fourth-order valence-corrected chi connectivity index (χ4v) is 4.17. The molecule has 1 aliphatic rings. The van der Waals surface area contributed by atoms with E-state index in [-0.39, 0.29) is 12.5 Å². The molecule has 0 saturated heterocycles. The molecule has 1 heterocycles. The van der Waals surface area contributed by atoms with Gasteiger partial charge in [0.1, 0.15) is 5.82 Å². The summed E-state index contributed by atoms with van der Waals surface area (Å²) in [5, 5.41) is 2.84. The summed E-state index contributed by atoms with van der Waals surface area (Å²) in [6.45, 7) is 0.664. The van der Waals surface area contributed by atoms with Crippen molar-refractivity contribution < 1.29 is 17.6 Å². The Bertz CT molecular complexity index is 947. The normalized spacial score (nSPS) is 14.8. The van der Waals surface area contributed by atoms with Gasteiger partial charge in [-0.05, 0) is 57.7 Å². The summed E-state index contributed by atoms with van der Waals surface area (Å²) in [4.78, 5) is 12.5. The lowest BCUT2D eigenvalue weighted by Crippen LogP contribution is -2.35. The molecule has 1 amide bonds. The number of rotatable bonds is 3. The second-order valence-corrected chi connectivity index (χ2v) is 8.70. The molecular formula is C17H16BrFN2O3S. The molecule has 0 bridgehead atoms. The molecule has 0 spiro atoms. The Morgan fingerprint density at radius 2 is 2.04 bits per heavy atom. The van der Waals surface area contributed by atoms with Crippen LogP contribution < -0.4 is 5.32 Å². The van der Waals surface area contributed by atoms with Crippen LogP contribution in [0.3, 0.4) is 0 Å². The van der Waals surface area contributed by atoms with Crippen LogP contribution in [0.5, 0.6) is 0 Å². The molecule has 2 aromatic rings. The number of hydrogen-bond acceptors (Lipinski definition) is 3. The van der Waals surface area contributed by atoms with Gasteiger partial charge in [0.15, 0.2) is 0 Å². The number of fused-ring (bicyclic) bond motifs is 1. The molecule has 1 N–H and O–H groups in total. The van der Waals surface area contributed by atoms with E-state index < -0.39 is 15.8 Å². The van der Waals surface area contributed by atoms with Gasteiger partial charge in [0.05, 0.1) is 11.8 Å². The zero-order chi connectivity index (χ0) is 18.2. The number of hydrogen-bond donors (Lipinski definition) is 1. The highest BCUT2D eigenvalue weighted by molar-refractivity contribution is 9.10.